The number of hydrogen-bond acceptors (Lipinski definition) is 10. The second-order valence-electron chi connectivity index (χ2n) is 6.87. The molecule has 0 aliphatic carbocycles. The van der Waals surface area contributed by atoms with Crippen LogP contribution in [0.5, 0.6) is 17.2 Å². The quantitative estimate of drug-likeness (QED) is 0.376. The Balaban J connectivity index is 1.92. The van der Waals surface area contributed by atoms with E-state index in [4.69, 9.17) is 14.2 Å². The van der Waals surface area contributed by atoms with E-state index in [1.807, 2.05) is 6.07 Å². The number of rotatable bonds is 6. The molecule has 11 heteroatoms. The number of nitrogens with zero attached hydrogens (tertiary/aromatic N) is 2. The highest BCUT2D eigenvalue weighted by molar-refractivity contribution is 5.57. The normalized spacial score (nSPS) is 25.5. The zero-order chi connectivity index (χ0) is 22.7. The topological polar surface area (TPSA) is 176 Å². The van der Waals surface area contributed by atoms with Crippen molar-refractivity contribution in [1.29, 1.82) is 5.26 Å². The molecule has 1 saturated heterocycles. The summed E-state index contributed by atoms with van der Waals surface area (Å²) in [6.45, 7) is 0.918. The van der Waals surface area contributed by atoms with E-state index < -0.39 is 47.9 Å². The lowest BCUT2D eigenvalue weighted by Gasteiger charge is -2.39. The lowest BCUT2D eigenvalue weighted by atomic mass is 9.99. The number of aliphatic hydroxyl groups excluding tert-OH is 4. The fourth-order valence-electron chi connectivity index (χ4n) is 3.06. The molecule has 1 aliphatic rings. The summed E-state index contributed by atoms with van der Waals surface area (Å²) in [5.74, 6) is -0.0431. The van der Waals surface area contributed by atoms with Crippen molar-refractivity contribution in [2.45, 2.75) is 37.6 Å². The van der Waals surface area contributed by atoms with Crippen molar-refractivity contribution in [3.63, 3.8) is 0 Å². The van der Waals surface area contributed by atoms with Gasteiger partial charge in [-0.15, -0.1) is 0 Å². The Morgan fingerprint density at radius 2 is 1.84 bits per heavy atom. The Bertz CT molecular complexity index is 1000. The van der Waals surface area contributed by atoms with E-state index in [-0.39, 0.29) is 22.8 Å². The highest BCUT2D eigenvalue weighted by atomic mass is 16.7. The first-order valence-corrected chi connectivity index (χ1v) is 9.20. The number of aliphatic hydroxyl groups is 4. The minimum atomic E-state index is -1.67. The predicted octanol–water partition coefficient (Wildman–Crippen LogP) is 0.746. The van der Waals surface area contributed by atoms with Crippen molar-refractivity contribution in [3.8, 4) is 23.3 Å². The van der Waals surface area contributed by atoms with Crippen LogP contribution in [0, 0.1) is 28.4 Å². The molecule has 11 nitrogen and oxygen atoms in total. The van der Waals surface area contributed by atoms with E-state index in [0.717, 1.165) is 6.07 Å². The van der Waals surface area contributed by atoms with Crippen LogP contribution in [-0.4, -0.2) is 62.7 Å². The third kappa shape index (κ3) is 4.58. The van der Waals surface area contributed by atoms with E-state index in [1.165, 1.54) is 18.2 Å². The van der Waals surface area contributed by atoms with Crippen LogP contribution in [0.1, 0.15) is 11.1 Å². The van der Waals surface area contributed by atoms with Gasteiger partial charge in [0.05, 0.1) is 23.2 Å². The molecular weight excluding hydrogens is 412 g/mol. The number of para-hydroxylation sites is 1. The maximum atomic E-state index is 11.6. The lowest BCUT2D eigenvalue weighted by Crippen LogP contribution is -2.60. The molecule has 5 atom stereocenters. The molecule has 164 valence electrons. The molecular formula is C20H20N2O9. The van der Waals surface area contributed by atoms with Gasteiger partial charge in [0, 0.05) is 0 Å². The Morgan fingerprint density at radius 3 is 2.48 bits per heavy atom. The van der Waals surface area contributed by atoms with Crippen molar-refractivity contribution in [2.24, 2.45) is 0 Å². The first-order chi connectivity index (χ1) is 14.8. The summed E-state index contributed by atoms with van der Waals surface area (Å²) in [4.78, 5) is 10.9. The first kappa shape index (κ1) is 22.4. The largest absolute Gasteiger partial charge is 0.461 e. The molecule has 0 amide bonds. The number of nitro benzene ring substituents is 1. The van der Waals surface area contributed by atoms with Crippen molar-refractivity contribution >= 4 is 5.69 Å². The third-order valence-electron chi connectivity index (χ3n) is 4.77. The summed E-state index contributed by atoms with van der Waals surface area (Å²) in [7, 11) is 0. The molecule has 0 bridgehead atoms. The van der Waals surface area contributed by atoms with Gasteiger partial charge in [-0.25, -0.2) is 0 Å². The number of nitro groups is 1. The SMILES string of the molecule is Cc1cc(Oc2ccccc2C#N)c([N+](=O)[O-])cc1O[C@H]1O[C@H](CO)[C@@H](O)[C@H](O)[C@@H]1O. The summed E-state index contributed by atoms with van der Waals surface area (Å²) in [6, 6.07) is 10.6. The van der Waals surface area contributed by atoms with Gasteiger partial charge in [-0.3, -0.25) is 10.1 Å². The standard InChI is InChI=1S/C20H20N2O9/c1-10-6-15(29-13-5-3-2-4-11(13)8-21)12(22(27)28)7-14(10)30-20-19(26)18(25)17(24)16(9-23)31-20/h2-7,16-20,23-26H,9H2,1H3/t16-,17-,18+,19+,20+/m1/s1. The molecule has 0 aromatic heterocycles. The van der Waals surface area contributed by atoms with Gasteiger partial charge in [0.25, 0.3) is 0 Å². The van der Waals surface area contributed by atoms with Gasteiger partial charge in [0.15, 0.2) is 0 Å². The number of ether oxygens (including phenoxy) is 3. The fourth-order valence-corrected chi connectivity index (χ4v) is 3.06. The minimum Gasteiger partial charge on any atom is -0.461 e. The smallest absolute Gasteiger partial charge is 0.315 e. The van der Waals surface area contributed by atoms with Gasteiger partial charge in [-0.1, -0.05) is 12.1 Å². The van der Waals surface area contributed by atoms with Crippen LogP contribution in [0.25, 0.3) is 0 Å². The van der Waals surface area contributed by atoms with Crippen LogP contribution in [0.15, 0.2) is 36.4 Å². The molecule has 2 aromatic rings. The van der Waals surface area contributed by atoms with E-state index in [0.29, 0.717) is 5.56 Å². The van der Waals surface area contributed by atoms with E-state index in [1.54, 1.807) is 19.1 Å². The van der Waals surface area contributed by atoms with Crippen molar-refractivity contribution in [3.05, 3.63) is 57.6 Å². The highest BCUT2D eigenvalue weighted by Crippen LogP contribution is 2.38. The van der Waals surface area contributed by atoms with Crippen molar-refractivity contribution in [2.75, 3.05) is 6.61 Å². The predicted molar refractivity (Wildman–Crippen MR) is 103 cm³/mol. The number of benzene rings is 2. The van der Waals surface area contributed by atoms with Crippen molar-refractivity contribution in [1.82, 2.24) is 0 Å². The fraction of sp³-hybridized carbons (Fsp3) is 0.350. The van der Waals surface area contributed by atoms with Crippen LogP contribution in [0.2, 0.25) is 0 Å². The average Bonchev–Trinajstić information content (AvgIpc) is 2.75. The summed E-state index contributed by atoms with van der Waals surface area (Å²) in [5.41, 5.74) is 0.0843. The maximum Gasteiger partial charge on any atom is 0.315 e. The number of hydrogen-bond donors (Lipinski definition) is 4. The average molecular weight is 432 g/mol. The number of aryl methyl sites for hydroxylation is 1. The summed E-state index contributed by atoms with van der Waals surface area (Å²) in [6.07, 6.45) is -7.58. The highest BCUT2D eigenvalue weighted by Gasteiger charge is 2.45. The molecule has 0 saturated carbocycles. The van der Waals surface area contributed by atoms with E-state index >= 15 is 0 Å². The Hall–Kier alpha value is -3.27. The van der Waals surface area contributed by atoms with Gasteiger partial charge >= 0.3 is 5.69 Å². The summed E-state index contributed by atoms with van der Waals surface area (Å²) < 4.78 is 16.4. The second kappa shape index (κ2) is 9.25. The van der Waals surface area contributed by atoms with E-state index in [2.05, 4.69) is 0 Å². The number of nitriles is 1. The second-order valence-corrected chi connectivity index (χ2v) is 6.87. The maximum absolute atomic E-state index is 11.6. The van der Waals surface area contributed by atoms with Gasteiger partial charge in [0.1, 0.15) is 42.0 Å². The van der Waals surface area contributed by atoms with Gasteiger partial charge in [-0.2, -0.15) is 5.26 Å². The molecule has 31 heavy (non-hydrogen) atoms. The Kier molecular flexibility index (Phi) is 6.69. The van der Waals surface area contributed by atoms with Crippen LogP contribution >= 0.6 is 0 Å². The van der Waals surface area contributed by atoms with Gasteiger partial charge < -0.3 is 34.6 Å². The molecule has 1 fully saturated rings. The molecule has 3 rings (SSSR count). The first-order valence-electron chi connectivity index (χ1n) is 9.20. The molecule has 4 N–H and O–H groups in total. The lowest BCUT2D eigenvalue weighted by molar-refractivity contribution is -0.385. The van der Waals surface area contributed by atoms with Crippen LogP contribution in [-0.2, 0) is 4.74 Å². The zero-order valence-electron chi connectivity index (χ0n) is 16.3. The Morgan fingerprint density at radius 1 is 1.13 bits per heavy atom. The zero-order valence-corrected chi connectivity index (χ0v) is 16.3. The van der Waals surface area contributed by atoms with Crippen LogP contribution < -0.4 is 9.47 Å². The van der Waals surface area contributed by atoms with Crippen molar-refractivity contribution < 1.29 is 39.6 Å². The summed E-state index contributed by atoms with van der Waals surface area (Å²) >= 11 is 0. The molecule has 0 spiro atoms. The third-order valence-corrected chi connectivity index (χ3v) is 4.77. The molecule has 0 radical (unpaired) electrons. The molecule has 1 heterocycles. The monoisotopic (exact) mass is 432 g/mol. The Labute approximate surface area is 176 Å². The van der Waals surface area contributed by atoms with Gasteiger partial charge in [0.2, 0.25) is 12.0 Å². The summed E-state index contributed by atoms with van der Waals surface area (Å²) in [5, 5.41) is 59.9. The van der Waals surface area contributed by atoms with Crippen LogP contribution in [0.3, 0.4) is 0 Å². The molecule has 1 aliphatic heterocycles. The molecule has 0 unspecified atom stereocenters. The van der Waals surface area contributed by atoms with E-state index in [9.17, 15) is 35.8 Å². The van der Waals surface area contributed by atoms with Gasteiger partial charge in [-0.05, 0) is 30.7 Å². The van der Waals surface area contributed by atoms with Crippen LogP contribution in [0.4, 0.5) is 5.69 Å². The molecule has 2 aromatic carbocycles. The minimum absolute atomic E-state index is 0.0445.